The molecule has 0 aliphatic heterocycles. The Morgan fingerprint density at radius 3 is 2.89 bits per heavy atom. The van der Waals surface area contributed by atoms with Crippen LogP contribution in [0.5, 0.6) is 0 Å². The molecule has 0 aliphatic carbocycles. The summed E-state index contributed by atoms with van der Waals surface area (Å²) in [5, 5.41) is 0.469. The predicted molar refractivity (Wildman–Crippen MR) is 68.4 cm³/mol. The lowest BCUT2D eigenvalue weighted by atomic mass is 10.2. The maximum atomic E-state index is 11.6. The molecule has 0 saturated carbocycles. The summed E-state index contributed by atoms with van der Waals surface area (Å²) in [7, 11) is 0. The smallest absolute Gasteiger partial charge is 0.356 e. The van der Waals surface area contributed by atoms with E-state index in [0.29, 0.717) is 17.3 Å². The first kappa shape index (κ1) is 12.5. The minimum Gasteiger partial charge on any atom is -0.461 e. The molecule has 2 aromatic heterocycles. The van der Waals surface area contributed by atoms with E-state index in [1.807, 2.05) is 6.07 Å². The third-order valence-corrected chi connectivity index (χ3v) is 2.57. The molecule has 0 saturated heterocycles. The predicted octanol–water partition coefficient (Wildman–Crippen LogP) is 2.97. The fraction of sp³-hybridized carbons (Fsp3) is 0.154. The SMILES string of the molecule is CCOC(=O)c1ccc(Cl)c(-c2cccnc2)n1. The second-order valence-electron chi connectivity index (χ2n) is 3.49. The Morgan fingerprint density at radius 2 is 2.22 bits per heavy atom. The van der Waals surface area contributed by atoms with E-state index in [1.165, 1.54) is 0 Å². The van der Waals surface area contributed by atoms with Crippen molar-refractivity contribution in [2.45, 2.75) is 6.92 Å². The number of ether oxygens (including phenoxy) is 1. The summed E-state index contributed by atoms with van der Waals surface area (Å²) in [5.41, 5.74) is 1.52. The van der Waals surface area contributed by atoms with E-state index >= 15 is 0 Å². The van der Waals surface area contributed by atoms with Crippen LogP contribution in [0.2, 0.25) is 5.02 Å². The molecule has 0 spiro atoms. The summed E-state index contributed by atoms with van der Waals surface area (Å²) in [6.45, 7) is 2.06. The fourth-order valence-corrected chi connectivity index (χ4v) is 1.68. The quantitative estimate of drug-likeness (QED) is 0.798. The zero-order chi connectivity index (χ0) is 13.0. The van der Waals surface area contributed by atoms with Crippen LogP contribution in [0.1, 0.15) is 17.4 Å². The Labute approximate surface area is 110 Å². The van der Waals surface area contributed by atoms with E-state index in [2.05, 4.69) is 9.97 Å². The lowest BCUT2D eigenvalue weighted by Gasteiger charge is -2.06. The van der Waals surface area contributed by atoms with Crippen molar-refractivity contribution in [2.75, 3.05) is 6.61 Å². The summed E-state index contributed by atoms with van der Waals surface area (Å²) in [6.07, 6.45) is 3.30. The first-order valence-corrected chi connectivity index (χ1v) is 5.84. The molecule has 92 valence electrons. The molecule has 0 aromatic carbocycles. The summed E-state index contributed by atoms with van der Waals surface area (Å²) >= 11 is 6.07. The van der Waals surface area contributed by atoms with Gasteiger partial charge in [-0.3, -0.25) is 4.98 Å². The van der Waals surface area contributed by atoms with Gasteiger partial charge in [0.15, 0.2) is 0 Å². The maximum absolute atomic E-state index is 11.6. The Hall–Kier alpha value is -1.94. The Balaban J connectivity index is 2.42. The average molecular weight is 263 g/mol. The van der Waals surface area contributed by atoms with Crippen molar-refractivity contribution in [3.05, 3.63) is 47.4 Å². The highest BCUT2D eigenvalue weighted by molar-refractivity contribution is 6.33. The van der Waals surface area contributed by atoms with Crippen LogP contribution < -0.4 is 0 Å². The van der Waals surface area contributed by atoms with Gasteiger partial charge in [0.2, 0.25) is 0 Å². The van der Waals surface area contributed by atoms with Crippen molar-refractivity contribution in [2.24, 2.45) is 0 Å². The van der Waals surface area contributed by atoms with Crippen molar-refractivity contribution in [1.82, 2.24) is 9.97 Å². The number of carbonyl (C=O) groups excluding carboxylic acids is 1. The Morgan fingerprint density at radius 1 is 1.39 bits per heavy atom. The standard InChI is InChI=1S/C13H11ClN2O2/c1-2-18-13(17)11-6-5-10(14)12(16-11)9-4-3-7-15-8-9/h3-8H,2H2,1H3. The molecule has 0 amide bonds. The molecule has 5 heteroatoms. The number of carbonyl (C=O) groups is 1. The number of nitrogens with zero attached hydrogens (tertiary/aromatic N) is 2. The highest BCUT2D eigenvalue weighted by Gasteiger charge is 2.12. The van der Waals surface area contributed by atoms with Crippen molar-refractivity contribution in [3.8, 4) is 11.3 Å². The van der Waals surface area contributed by atoms with Crippen LogP contribution in [0.15, 0.2) is 36.7 Å². The van der Waals surface area contributed by atoms with Gasteiger partial charge in [0.1, 0.15) is 5.69 Å². The summed E-state index contributed by atoms with van der Waals surface area (Å²) in [5.74, 6) is -0.459. The molecule has 0 aliphatic rings. The number of rotatable bonds is 3. The second-order valence-corrected chi connectivity index (χ2v) is 3.90. The van der Waals surface area contributed by atoms with Crippen LogP contribution in [0.4, 0.5) is 0 Å². The van der Waals surface area contributed by atoms with Gasteiger partial charge in [0.25, 0.3) is 0 Å². The van der Waals surface area contributed by atoms with Crippen LogP contribution in [0.25, 0.3) is 11.3 Å². The molecule has 2 aromatic rings. The van der Waals surface area contributed by atoms with Crippen molar-refractivity contribution in [1.29, 1.82) is 0 Å². The fourth-order valence-electron chi connectivity index (χ4n) is 1.47. The van der Waals surface area contributed by atoms with Crippen molar-refractivity contribution < 1.29 is 9.53 Å². The van der Waals surface area contributed by atoms with Crippen LogP contribution >= 0.6 is 11.6 Å². The minimum atomic E-state index is -0.459. The summed E-state index contributed by atoms with van der Waals surface area (Å²) in [6, 6.07) is 6.78. The van der Waals surface area contributed by atoms with Gasteiger partial charge in [0.05, 0.1) is 17.3 Å². The lowest BCUT2D eigenvalue weighted by molar-refractivity contribution is 0.0519. The number of hydrogen-bond acceptors (Lipinski definition) is 4. The van der Waals surface area contributed by atoms with Gasteiger partial charge in [-0.2, -0.15) is 0 Å². The zero-order valence-electron chi connectivity index (χ0n) is 9.76. The van der Waals surface area contributed by atoms with Gasteiger partial charge in [-0.15, -0.1) is 0 Å². The average Bonchev–Trinajstić information content (AvgIpc) is 2.40. The van der Waals surface area contributed by atoms with E-state index in [9.17, 15) is 4.79 Å². The summed E-state index contributed by atoms with van der Waals surface area (Å²) < 4.78 is 4.90. The molecule has 0 atom stereocenters. The molecular formula is C13H11ClN2O2. The van der Waals surface area contributed by atoms with E-state index in [4.69, 9.17) is 16.3 Å². The van der Waals surface area contributed by atoms with E-state index < -0.39 is 5.97 Å². The Bertz CT molecular complexity index is 558. The third kappa shape index (κ3) is 2.65. The molecule has 18 heavy (non-hydrogen) atoms. The molecule has 0 bridgehead atoms. The number of halogens is 1. The molecular weight excluding hydrogens is 252 g/mol. The number of esters is 1. The van der Waals surface area contributed by atoms with Crippen molar-refractivity contribution >= 4 is 17.6 Å². The van der Waals surface area contributed by atoms with Gasteiger partial charge >= 0.3 is 5.97 Å². The maximum Gasteiger partial charge on any atom is 0.356 e. The molecule has 4 nitrogen and oxygen atoms in total. The van der Waals surface area contributed by atoms with Gasteiger partial charge < -0.3 is 4.74 Å². The highest BCUT2D eigenvalue weighted by atomic mass is 35.5. The van der Waals surface area contributed by atoms with E-state index in [0.717, 1.165) is 5.56 Å². The Kier molecular flexibility index (Phi) is 3.89. The highest BCUT2D eigenvalue weighted by Crippen LogP contribution is 2.25. The normalized spacial score (nSPS) is 10.1. The third-order valence-electron chi connectivity index (χ3n) is 2.27. The van der Waals surface area contributed by atoms with Gasteiger partial charge in [-0.1, -0.05) is 11.6 Å². The van der Waals surface area contributed by atoms with Crippen molar-refractivity contribution in [3.63, 3.8) is 0 Å². The first-order chi connectivity index (χ1) is 8.72. The molecule has 0 unspecified atom stereocenters. The molecule has 2 rings (SSSR count). The summed E-state index contributed by atoms with van der Waals surface area (Å²) in [4.78, 5) is 19.8. The second kappa shape index (κ2) is 5.60. The molecule has 2 heterocycles. The number of aromatic nitrogens is 2. The van der Waals surface area contributed by atoms with Crippen LogP contribution in [-0.2, 0) is 4.74 Å². The van der Waals surface area contributed by atoms with Crippen LogP contribution in [0, 0.1) is 0 Å². The molecule has 0 N–H and O–H groups in total. The van der Waals surface area contributed by atoms with Crippen LogP contribution in [-0.4, -0.2) is 22.5 Å². The van der Waals surface area contributed by atoms with E-state index in [-0.39, 0.29) is 5.69 Å². The number of hydrogen-bond donors (Lipinski definition) is 0. The van der Waals surface area contributed by atoms with Gasteiger partial charge in [0, 0.05) is 18.0 Å². The molecule has 0 fully saturated rings. The lowest BCUT2D eigenvalue weighted by Crippen LogP contribution is -2.07. The van der Waals surface area contributed by atoms with Gasteiger partial charge in [-0.05, 0) is 31.2 Å². The monoisotopic (exact) mass is 262 g/mol. The largest absolute Gasteiger partial charge is 0.461 e. The minimum absolute atomic E-state index is 0.236. The number of pyridine rings is 2. The van der Waals surface area contributed by atoms with E-state index in [1.54, 1.807) is 37.5 Å². The molecule has 0 radical (unpaired) electrons. The van der Waals surface area contributed by atoms with Crippen LogP contribution in [0.3, 0.4) is 0 Å². The van der Waals surface area contributed by atoms with Gasteiger partial charge in [-0.25, -0.2) is 9.78 Å². The topological polar surface area (TPSA) is 52.1 Å². The first-order valence-electron chi connectivity index (χ1n) is 5.46. The zero-order valence-corrected chi connectivity index (χ0v) is 10.5.